The Morgan fingerprint density at radius 2 is 1.67 bits per heavy atom. The van der Waals surface area contributed by atoms with Crippen molar-refractivity contribution in [3.63, 3.8) is 0 Å². The Morgan fingerprint density at radius 3 is 2.25 bits per heavy atom. The molecule has 200 valence electrons. The van der Waals surface area contributed by atoms with Gasteiger partial charge in [0.25, 0.3) is 0 Å². The summed E-state index contributed by atoms with van der Waals surface area (Å²) < 4.78 is 6.09. The minimum absolute atomic E-state index is 0. The Bertz CT molecular complexity index is 755. The van der Waals surface area contributed by atoms with E-state index in [1.165, 1.54) is 6.08 Å². The molecular weight excluding hydrogens is 471 g/mol. The van der Waals surface area contributed by atoms with Crippen LogP contribution in [0.25, 0.3) is 0 Å². The summed E-state index contributed by atoms with van der Waals surface area (Å²) in [6, 6.07) is 0. The first-order chi connectivity index (χ1) is 16.7. The van der Waals surface area contributed by atoms with Gasteiger partial charge in [0.2, 0.25) is 0 Å². The van der Waals surface area contributed by atoms with Crippen molar-refractivity contribution in [2.45, 2.75) is 116 Å². The van der Waals surface area contributed by atoms with E-state index in [4.69, 9.17) is 4.74 Å². The van der Waals surface area contributed by atoms with Crippen molar-refractivity contribution in [1.82, 2.24) is 0 Å². The van der Waals surface area contributed by atoms with Crippen LogP contribution in [0, 0.1) is 23.7 Å². The number of hydrogen-bond donors (Lipinski definition) is 3. The second-order valence-electron chi connectivity index (χ2n) is 10.4. The van der Waals surface area contributed by atoms with E-state index in [-0.39, 0.29) is 83.6 Å². The first kappa shape index (κ1) is 33.0. The molecule has 0 radical (unpaired) electrons. The average Bonchev–Trinajstić information content (AvgIpc) is 2.81. The molecule has 8 heteroatoms. The number of allylic oxidation sites excluding steroid dienone is 2. The number of ether oxygens (including phenoxy) is 1. The minimum Gasteiger partial charge on any atom is -0.550 e. The number of fused-ring (bicyclic) bond motifs is 1. The minimum atomic E-state index is -1.13. The zero-order chi connectivity index (χ0) is 26.0. The van der Waals surface area contributed by atoms with Crippen LogP contribution in [0.3, 0.4) is 0 Å². The zero-order valence-electron chi connectivity index (χ0n) is 22.7. The number of carboxylic acids is 1. The second-order valence-corrected chi connectivity index (χ2v) is 10.4. The Balaban J connectivity index is 0.00000648. The van der Waals surface area contributed by atoms with Crippen LogP contribution in [0.5, 0.6) is 0 Å². The number of aliphatic hydroxyl groups excluding tert-OH is 3. The zero-order valence-corrected chi connectivity index (χ0v) is 24.7. The van der Waals surface area contributed by atoms with E-state index >= 15 is 0 Å². The maximum Gasteiger partial charge on any atom is 1.00 e. The summed E-state index contributed by atoms with van der Waals surface area (Å²) in [6.07, 6.45) is 9.32. The molecule has 2 aliphatic carbocycles. The number of hydrogen-bond acceptors (Lipinski definition) is 7. The largest absolute Gasteiger partial charge is 1.00 e. The molecule has 0 aromatic rings. The van der Waals surface area contributed by atoms with E-state index in [0.29, 0.717) is 12.0 Å². The number of aliphatic carboxylic acids is 1. The van der Waals surface area contributed by atoms with Crippen LogP contribution in [0.2, 0.25) is 0 Å². The molecule has 0 unspecified atom stereocenters. The van der Waals surface area contributed by atoms with Gasteiger partial charge in [0.1, 0.15) is 18.0 Å². The first-order valence-electron chi connectivity index (χ1n) is 13.6. The Morgan fingerprint density at radius 1 is 1.06 bits per heavy atom. The van der Waals surface area contributed by atoms with Crippen LogP contribution in [-0.4, -0.2) is 39.5 Å². The number of unbranched alkanes of at least 4 members (excludes halogenated alkanes) is 5. The van der Waals surface area contributed by atoms with Crippen molar-refractivity contribution in [3.05, 3.63) is 23.2 Å². The molecule has 0 spiro atoms. The number of carbonyl (C=O) groups is 2. The number of rotatable bonds is 15. The number of esters is 1. The van der Waals surface area contributed by atoms with Gasteiger partial charge in [0, 0.05) is 29.8 Å². The SMILES string of the molecule is CCCCC(CCCC)C(=O)O[C@H]1C[C@H](O)C(O)=C2C=C(O)[C@@H](C)[C@@H](CCCCCCC(=O)[O-])[C@H]21.[Na+]. The Kier molecular flexibility index (Phi) is 15.4. The Hall–Kier alpha value is -1.02. The monoisotopic (exact) mass is 516 g/mol. The van der Waals surface area contributed by atoms with E-state index < -0.39 is 18.2 Å². The molecule has 36 heavy (non-hydrogen) atoms. The number of carbonyl (C=O) groups excluding carboxylic acids is 2. The van der Waals surface area contributed by atoms with Gasteiger partial charge in [0.15, 0.2) is 0 Å². The van der Waals surface area contributed by atoms with Crippen LogP contribution in [0.4, 0.5) is 0 Å². The molecule has 0 saturated carbocycles. The van der Waals surface area contributed by atoms with Crippen molar-refractivity contribution < 1.29 is 64.3 Å². The smallest absolute Gasteiger partial charge is 0.550 e. The molecule has 0 aromatic carbocycles. The van der Waals surface area contributed by atoms with Gasteiger partial charge in [0.05, 0.1) is 11.7 Å². The molecule has 5 atom stereocenters. The summed E-state index contributed by atoms with van der Waals surface area (Å²) in [6.45, 7) is 6.14. The molecule has 0 amide bonds. The van der Waals surface area contributed by atoms with Gasteiger partial charge in [-0.1, -0.05) is 65.7 Å². The summed E-state index contributed by atoms with van der Waals surface area (Å²) >= 11 is 0. The van der Waals surface area contributed by atoms with Crippen molar-refractivity contribution in [3.8, 4) is 0 Å². The maximum absolute atomic E-state index is 13.2. The number of aliphatic hydroxyl groups is 3. The normalized spacial score (nSPS) is 25.7. The molecular formula is C28H45NaO7. The summed E-state index contributed by atoms with van der Waals surface area (Å²) in [5, 5.41) is 42.4. The molecule has 0 fully saturated rings. The van der Waals surface area contributed by atoms with Crippen molar-refractivity contribution in [2.24, 2.45) is 23.7 Å². The van der Waals surface area contributed by atoms with Gasteiger partial charge in [-0.3, -0.25) is 4.79 Å². The summed E-state index contributed by atoms with van der Waals surface area (Å²) in [5.74, 6) is -1.94. The molecule has 3 N–H and O–H groups in total. The number of carboxylic acid groups (broad SMARTS) is 1. The van der Waals surface area contributed by atoms with Gasteiger partial charge in [-0.15, -0.1) is 0 Å². The van der Waals surface area contributed by atoms with E-state index in [9.17, 15) is 30.0 Å². The fourth-order valence-electron chi connectivity index (χ4n) is 5.62. The van der Waals surface area contributed by atoms with Crippen LogP contribution in [0.15, 0.2) is 23.2 Å². The quantitative estimate of drug-likeness (QED) is 0.172. The predicted molar refractivity (Wildman–Crippen MR) is 132 cm³/mol. The van der Waals surface area contributed by atoms with E-state index in [2.05, 4.69) is 13.8 Å². The van der Waals surface area contributed by atoms with Gasteiger partial charge in [-0.2, -0.15) is 0 Å². The molecule has 0 saturated heterocycles. The van der Waals surface area contributed by atoms with E-state index in [0.717, 1.165) is 64.2 Å². The fraction of sp³-hybridized carbons (Fsp3) is 0.786. The molecule has 7 nitrogen and oxygen atoms in total. The van der Waals surface area contributed by atoms with Gasteiger partial charge in [-0.05, 0) is 44.1 Å². The molecule has 0 heterocycles. The van der Waals surface area contributed by atoms with Gasteiger partial charge < -0.3 is 30.0 Å². The first-order valence-corrected chi connectivity index (χ1v) is 13.6. The molecule has 2 aliphatic rings. The molecule has 0 aromatic heterocycles. The topological polar surface area (TPSA) is 127 Å². The summed E-state index contributed by atoms with van der Waals surface area (Å²) in [5.41, 5.74) is 0.470. The average molecular weight is 517 g/mol. The van der Waals surface area contributed by atoms with Crippen LogP contribution >= 0.6 is 0 Å². The summed E-state index contributed by atoms with van der Waals surface area (Å²) in [4.78, 5) is 23.9. The van der Waals surface area contributed by atoms with Crippen molar-refractivity contribution in [1.29, 1.82) is 0 Å². The van der Waals surface area contributed by atoms with Gasteiger partial charge in [-0.25, -0.2) is 0 Å². The molecule has 0 bridgehead atoms. The van der Waals surface area contributed by atoms with Gasteiger partial charge >= 0.3 is 35.5 Å². The maximum atomic E-state index is 13.2. The van der Waals surface area contributed by atoms with E-state index in [1.807, 2.05) is 6.92 Å². The third-order valence-electron chi connectivity index (χ3n) is 7.78. The van der Waals surface area contributed by atoms with Crippen LogP contribution in [-0.2, 0) is 14.3 Å². The van der Waals surface area contributed by atoms with Crippen LogP contribution < -0.4 is 34.7 Å². The second kappa shape index (κ2) is 16.7. The fourth-order valence-corrected chi connectivity index (χ4v) is 5.62. The van der Waals surface area contributed by atoms with Crippen molar-refractivity contribution >= 4 is 11.9 Å². The molecule has 2 rings (SSSR count). The summed E-state index contributed by atoms with van der Waals surface area (Å²) in [7, 11) is 0. The molecule has 0 aliphatic heterocycles. The third kappa shape index (κ3) is 9.38. The standard InChI is InChI=1S/C28H46O7.Na/c1-4-6-12-19(13-7-5-2)28(34)35-24-17-23(30)27(33)21-16-22(29)18(3)20(26(21)24)14-10-8-9-11-15-25(31)32;/h16,18-20,23-24,26,29-30,33H,4-15,17H2,1-3H3,(H,31,32);/q;+1/p-1/t18-,20+,23-,24-,26+;/m0./s1. The third-order valence-corrected chi connectivity index (χ3v) is 7.78. The van der Waals surface area contributed by atoms with Crippen LogP contribution in [0.1, 0.15) is 104 Å². The Labute approximate surface area is 238 Å². The predicted octanol–water partition coefficient (Wildman–Crippen LogP) is 1.89. The van der Waals surface area contributed by atoms with E-state index in [1.54, 1.807) is 0 Å². The van der Waals surface area contributed by atoms with Crippen molar-refractivity contribution in [2.75, 3.05) is 0 Å².